The molecule has 2 rings (SSSR count). The Bertz CT molecular complexity index is 577. The quantitative estimate of drug-likeness (QED) is 0.782. The van der Waals surface area contributed by atoms with Crippen molar-refractivity contribution in [1.29, 1.82) is 0 Å². The molecule has 0 aliphatic heterocycles. The summed E-state index contributed by atoms with van der Waals surface area (Å²) in [5.41, 5.74) is 6.63. The molecule has 20 heavy (non-hydrogen) atoms. The van der Waals surface area contributed by atoms with Gasteiger partial charge >= 0.3 is 6.03 Å². The summed E-state index contributed by atoms with van der Waals surface area (Å²) in [7, 11) is 0. The van der Waals surface area contributed by atoms with Gasteiger partial charge in [0.25, 0.3) is 0 Å². The molecule has 4 nitrogen and oxygen atoms in total. The second-order valence-electron chi connectivity index (χ2n) is 4.86. The number of fused-ring (bicyclic) bond motifs is 1. The number of nitrogens with one attached hydrogen (secondary N) is 2. The molecule has 4 N–H and O–H groups in total. The Labute approximate surface area is 119 Å². The van der Waals surface area contributed by atoms with Crippen molar-refractivity contribution in [2.45, 2.75) is 25.8 Å². The lowest BCUT2D eigenvalue weighted by Gasteiger charge is -2.12. The first kappa shape index (κ1) is 14.3. The van der Waals surface area contributed by atoms with Crippen LogP contribution in [0, 0.1) is 0 Å². The molecule has 0 heterocycles. The summed E-state index contributed by atoms with van der Waals surface area (Å²) < 4.78 is 0. The fraction of sp³-hybridized carbons (Fsp3) is 0.312. The molecule has 0 radical (unpaired) electrons. The minimum Gasteiger partial charge on any atom is -0.338 e. The van der Waals surface area contributed by atoms with Crippen LogP contribution in [0.5, 0.6) is 0 Å². The van der Waals surface area contributed by atoms with E-state index >= 15 is 0 Å². The maximum Gasteiger partial charge on any atom is 0.319 e. The number of anilines is 1. The lowest BCUT2D eigenvalue weighted by atomic mass is 10.1. The number of benzene rings is 2. The predicted octanol–water partition coefficient (Wildman–Crippen LogP) is 3.09. The van der Waals surface area contributed by atoms with Crippen molar-refractivity contribution in [3.8, 4) is 0 Å². The largest absolute Gasteiger partial charge is 0.338 e. The molecule has 0 aromatic heterocycles. The molecule has 0 saturated carbocycles. The molecule has 0 saturated heterocycles. The highest BCUT2D eigenvalue weighted by molar-refractivity contribution is 6.01. The lowest BCUT2D eigenvalue weighted by Crippen LogP contribution is -2.33. The summed E-state index contributed by atoms with van der Waals surface area (Å²) in [5.74, 6) is 0. The van der Waals surface area contributed by atoms with E-state index in [-0.39, 0.29) is 12.1 Å². The lowest BCUT2D eigenvalue weighted by molar-refractivity contribution is 0.251. The highest BCUT2D eigenvalue weighted by Gasteiger charge is 2.05. The van der Waals surface area contributed by atoms with Gasteiger partial charge < -0.3 is 16.4 Å². The Morgan fingerprint density at radius 3 is 2.75 bits per heavy atom. The van der Waals surface area contributed by atoms with Gasteiger partial charge in [0.05, 0.1) is 5.69 Å². The van der Waals surface area contributed by atoms with Crippen molar-refractivity contribution >= 4 is 22.5 Å². The van der Waals surface area contributed by atoms with Gasteiger partial charge in [0.1, 0.15) is 0 Å². The van der Waals surface area contributed by atoms with Crippen molar-refractivity contribution in [2.75, 3.05) is 11.9 Å². The molecule has 0 spiro atoms. The molecule has 1 unspecified atom stereocenters. The Balaban J connectivity index is 1.96. The number of carbonyl (C=O) groups excluding carboxylic acids is 1. The molecule has 0 fully saturated rings. The second kappa shape index (κ2) is 6.91. The number of hydrogen-bond donors (Lipinski definition) is 3. The van der Waals surface area contributed by atoms with Crippen LogP contribution in [0.3, 0.4) is 0 Å². The summed E-state index contributed by atoms with van der Waals surface area (Å²) in [6.07, 6.45) is 1.71. The van der Waals surface area contributed by atoms with Crippen molar-refractivity contribution in [3.63, 3.8) is 0 Å². The van der Waals surface area contributed by atoms with Gasteiger partial charge in [-0.15, -0.1) is 0 Å². The van der Waals surface area contributed by atoms with E-state index in [0.717, 1.165) is 29.3 Å². The van der Waals surface area contributed by atoms with E-state index in [1.54, 1.807) is 0 Å². The van der Waals surface area contributed by atoms with Gasteiger partial charge in [-0.2, -0.15) is 0 Å². The van der Waals surface area contributed by atoms with Crippen LogP contribution in [0.4, 0.5) is 10.5 Å². The van der Waals surface area contributed by atoms with Crippen LogP contribution >= 0.6 is 0 Å². The third kappa shape index (κ3) is 3.71. The molecule has 2 aromatic rings. The maximum absolute atomic E-state index is 11.9. The van der Waals surface area contributed by atoms with Crippen LogP contribution in [-0.2, 0) is 0 Å². The van der Waals surface area contributed by atoms with Crippen molar-refractivity contribution < 1.29 is 4.79 Å². The monoisotopic (exact) mass is 271 g/mol. The second-order valence-corrected chi connectivity index (χ2v) is 4.86. The minimum absolute atomic E-state index is 0.146. The number of nitrogens with two attached hydrogens (primary N) is 1. The zero-order valence-electron chi connectivity index (χ0n) is 11.7. The third-order valence-electron chi connectivity index (χ3n) is 3.36. The molecule has 1 atom stereocenters. The highest BCUT2D eigenvalue weighted by atomic mass is 16.2. The number of urea groups is 1. The van der Waals surface area contributed by atoms with Gasteiger partial charge in [-0.3, -0.25) is 0 Å². The molecule has 2 aromatic carbocycles. The average molecular weight is 271 g/mol. The van der Waals surface area contributed by atoms with Gasteiger partial charge in [-0.25, -0.2) is 4.79 Å². The fourth-order valence-corrected chi connectivity index (χ4v) is 2.08. The van der Waals surface area contributed by atoms with Crippen LogP contribution in [0.1, 0.15) is 19.8 Å². The van der Waals surface area contributed by atoms with E-state index in [1.807, 2.05) is 49.4 Å². The van der Waals surface area contributed by atoms with E-state index in [1.165, 1.54) is 0 Å². The maximum atomic E-state index is 11.9. The normalized spacial score (nSPS) is 12.1. The zero-order valence-corrected chi connectivity index (χ0v) is 11.7. The average Bonchev–Trinajstić information content (AvgIpc) is 2.47. The molecule has 0 aliphatic rings. The first-order chi connectivity index (χ1) is 9.70. The van der Waals surface area contributed by atoms with Crippen LogP contribution < -0.4 is 16.4 Å². The summed E-state index contributed by atoms with van der Waals surface area (Å²) in [6.45, 7) is 2.63. The van der Waals surface area contributed by atoms with Crippen molar-refractivity contribution in [1.82, 2.24) is 5.32 Å². The van der Waals surface area contributed by atoms with E-state index in [9.17, 15) is 4.79 Å². The number of amides is 2. The van der Waals surface area contributed by atoms with Crippen molar-refractivity contribution in [2.24, 2.45) is 5.73 Å². The van der Waals surface area contributed by atoms with E-state index in [2.05, 4.69) is 10.6 Å². The third-order valence-corrected chi connectivity index (χ3v) is 3.36. The van der Waals surface area contributed by atoms with E-state index in [4.69, 9.17) is 5.73 Å². The molecule has 2 amide bonds. The first-order valence-electron chi connectivity index (χ1n) is 6.99. The van der Waals surface area contributed by atoms with Crippen LogP contribution in [0.15, 0.2) is 42.5 Å². The Morgan fingerprint density at radius 1 is 1.20 bits per heavy atom. The molecule has 106 valence electrons. The first-order valence-corrected chi connectivity index (χ1v) is 6.99. The zero-order chi connectivity index (χ0) is 14.4. The molecule has 4 heteroatoms. The molecule has 0 aliphatic carbocycles. The topological polar surface area (TPSA) is 67.1 Å². The number of carbonyl (C=O) groups is 1. The van der Waals surface area contributed by atoms with E-state index < -0.39 is 0 Å². The highest BCUT2D eigenvalue weighted by Crippen LogP contribution is 2.22. The standard InChI is InChI=1S/C16H21N3O/c1-2-13(17)10-11-18-16(20)19-15-9-5-7-12-6-3-4-8-14(12)15/h3-9,13H,2,10-11,17H2,1H3,(H2,18,19,20). The van der Waals surface area contributed by atoms with Crippen molar-refractivity contribution in [3.05, 3.63) is 42.5 Å². The van der Waals surface area contributed by atoms with Crippen LogP contribution in [-0.4, -0.2) is 18.6 Å². The summed E-state index contributed by atoms with van der Waals surface area (Å²) in [6, 6.07) is 13.8. The van der Waals surface area contributed by atoms with Gasteiger partial charge in [0, 0.05) is 18.0 Å². The molecular weight excluding hydrogens is 250 g/mol. The fourth-order valence-electron chi connectivity index (χ4n) is 2.08. The molecular formula is C16H21N3O. The van der Waals surface area contributed by atoms with Gasteiger partial charge in [-0.1, -0.05) is 43.3 Å². The number of rotatable bonds is 5. The Hall–Kier alpha value is -2.07. The van der Waals surface area contributed by atoms with Crippen LogP contribution in [0.25, 0.3) is 10.8 Å². The smallest absolute Gasteiger partial charge is 0.319 e. The van der Waals surface area contributed by atoms with Gasteiger partial charge in [0.15, 0.2) is 0 Å². The predicted molar refractivity (Wildman–Crippen MR) is 83.9 cm³/mol. The van der Waals surface area contributed by atoms with Gasteiger partial charge in [-0.05, 0) is 24.3 Å². The summed E-state index contributed by atoms with van der Waals surface area (Å²) >= 11 is 0. The van der Waals surface area contributed by atoms with E-state index in [0.29, 0.717) is 6.54 Å². The molecule has 0 bridgehead atoms. The van der Waals surface area contributed by atoms with Crippen LogP contribution in [0.2, 0.25) is 0 Å². The Kier molecular flexibility index (Phi) is 4.96. The number of hydrogen-bond acceptors (Lipinski definition) is 2. The summed E-state index contributed by atoms with van der Waals surface area (Å²) in [5, 5.41) is 7.86. The summed E-state index contributed by atoms with van der Waals surface area (Å²) in [4.78, 5) is 11.9. The van der Waals surface area contributed by atoms with Gasteiger partial charge in [0.2, 0.25) is 0 Å². The minimum atomic E-state index is -0.190. The Morgan fingerprint density at radius 2 is 1.95 bits per heavy atom. The SMILES string of the molecule is CCC(N)CCNC(=O)Nc1cccc2ccccc12.